The summed E-state index contributed by atoms with van der Waals surface area (Å²) in [7, 11) is 3.54. The third-order valence-electron chi connectivity index (χ3n) is 2.79. The maximum atomic E-state index is 11.6. The number of amides is 1. The van der Waals surface area contributed by atoms with Crippen LogP contribution in [0.1, 0.15) is 25.8 Å². The Labute approximate surface area is 114 Å². The van der Waals surface area contributed by atoms with Crippen molar-refractivity contribution in [3.63, 3.8) is 0 Å². The van der Waals surface area contributed by atoms with Crippen LogP contribution in [0, 0.1) is 5.92 Å². The van der Waals surface area contributed by atoms with Crippen molar-refractivity contribution in [2.45, 2.75) is 20.3 Å². The first-order valence-electron chi connectivity index (χ1n) is 6.08. The van der Waals surface area contributed by atoms with Crippen LogP contribution in [0.2, 0.25) is 5.02 Å². The van der Waals surface area contributed by atoms with Crippen molar-refractivity contribution in [3.8, 4) is 0 Å². The van der Waals surface area contributed by atoms with Crippen molar-refractivity contribution in [2.75, 3.05) is 14.1 Å². The van der Waals surface area contributed by atoms with E-state index in [-0.39, 0.29) is 5.91 Å². The minimum absolute atomic E-state index is 0.113. The van der Waals surface area contributed by atoms with Gasteiger partial charge in [0, 0.05) is 25.5 Å². The highest BCUT2D eigenvalue weighted by Crippen LogP contribution is 2.25. The average molecular weight is 266 g/mol. The summed E-state index contributed by atoms with van der Waals surface area (Å²) in [4.78, 5) is 13.2. The molecule has 0 N–H and O–H groups in total. The Morgan fingerprint density at radius 1 is 1.28 bits per heavy atom. The number of halogens is 1. The van der Waals surface area contributed by atoms with Gasteiger partial charge in [-0.1, -0.05) is 43.7 Å². The highest BCUT2D eigenvalue weighted by Gasteiger charge is 2.08. The zero-order valence-corrected chi connectivity index (χ0v) is 12.2. The van der Waals surface area contributed by atoms with Gasteiger partial charge >= 0.3 is 0 Å². The van der Waals surface area contributed by atoms with Crippen LogP contribution in [-0.2, 0) is 4.79 Å². The normalized spacial score (nSPS) is 11.8. The van der Waals surface area contributed by atoms with Crippen LogP contribution in [0.15, 0.2) is 30.3 Å². The quantitative estimate of drug-likeness (QED) is 0.810. The van der Waals surface area contributed by atoms with E-state index in [1.807, 2.05) is 30.3 Å². The van der Waals surface area contributed by atoms with Crippen molar-refractivity contribution >= 4 is 23.1 Å². The summed E-state index contributed by atoms with van der Waals surface area (Å²) in [6, 6.07) is 7.74. The molecular weight excluding hydrogens is 246 g/mol. The van der Waals surface area contributed by atoms with Crippen LogP contribution in [-0.4, -0.2) is 24.9 Å². The van der Waals surface area contributed by atoms with Gasteiger partial charge in [0.05, 0.1) is 0 Å². The fourth-order valence-electron chi connectivity index (χ4n) is 1.71. The van der Waals surface area contributed by atoms with Gasteiger partial charge in [-0.3, -0.25) is 4.79 Å². The number of allylic oxidation sites excluding steroid dienone is 1. The highest BCUT2D eigenvalue weighted by molar-refractivity contribution is 6.30. The number of hydrogen-bond acceptors (Lipinski definition) is 1. The smallest absolute Gasteiger partial charge is 0.225 e. The van der Waals surface area contributed by atoms with Gasteiger partial charge in [-0.25, -0.2) is 0 Å². The number of rotatable bonds is 4. The molecule has 0 aromatic heterocycles. The Hall–Kier alpha value is -1.28. The number of hydrogen-bond donors (Lipinski definition) is 0. The first-order valence-corrected chi connectivity index (χ1v) is 6.45. The van der Waals surface area contributed by atoms with Gasteiger partial charge in [0.2, 0.25) is 5.91 Å². The predicted octanol–water partition coefficient (Wildman–Crippen LogP) is 3.86. The van der Waals surface area contributed by atoms with Gasteiger partial charge < -0.3 is 4.90 Å². The van der Waals surface area contributed by atoms with Gasteiger partial charge in [0.1, 0.15) is 0 Å². The second-order valence-corrected chi connectivity index (χ2v) is 5.25. The summed E-state index contributed by atoms with van der Waals surface area (Å²) < 4.78 is 0. The first kappa shape index (κ1) is 14.8. The largest absolute Gasteiger partial charge is 0.349 e. The molecule has 0 atom stereocenters. The highest BCUT2D eigenvalue weighted by atomic mass is 35.5. The molecule has 3 heteroatoms. The summed E-state index contributed by atoms with van der Waals surface area (Å²) >= 11 is 5.88. The van der Waals surface area contributed by atoms with Crippen LogP contribution in [0.4, 0.5) is 0 Å². The molecule has 0 heterocycles. The zero-order valence-electron chi connectivity index (χ0n) is 11.4. The molecule has 2 nitrogen and oxygen atoms in total. The second-order valence-electron chi connectivity index (χ2n) is 4.81. The first-order chi connectivity index (χ1) is 8.41. The van der Waals surface area contributed by atoms with E-state index in [2.05, 4.69) is 13.8 Å². The van der Waals surface area contributed by atoms with Gasteiger partial charge in [-0.15, -0.1) is 0 Å². The van der Waals surface area contributed by atoms with E-state index in [9.17, 15) is 4.79 Å². The molecule has 1 amide bonds. The van der Waals surface area contributed by atoms with Gasteiger partial charge in [0.25, 0.3) is 0 Å². The molecule has 0 spiro atoms. The zero-order chi connectivity index (χ0) is 13.7. The van der Waals surface area contributed by atoms with Gasteiger partial charge in [-0.2, -0.15) is 0 Å². The molecule has 18 heavy (non-hydrogen) atoms. The van der Waals surface area contributed by atoms with E-state index in [1.165, 1.54) is 5.57 Å². The standard InChI is InChI=1S/C15H20ClNO/c1-11(2)14(9-10-15(18)17(3)4)12-5-7-13(16)8-6-12/h5-9,11H,10H2,1-4H3/b14-9+. The summed E-state index contributed by atoms with van der Waals surface area (Å²) in [5, 5.41) is 0.728. The molecule has 0 saturated heterocycles. The van der Waals surface area contributed by atoms with Crippen molar-refractivity contribution in [2.24, 2.45) is 5.92 Å². The fraction of sp³-hybridized carbons (Fsp3) is 0.400. The Balaban J connectivity index is 2.92. The van der Waals surface area contributed by atoms with Crippen LogP contribution in [0.3, 0.4) is 0 Å². The Morgan fingerprint density at radius 3 is 2.28 bits per heavy atom. The lowest BCUT2D eigenvalue weighted by Crippen LogP contribution is -2.20. The summed E-state index contributed by atoms with van der Waals surface area (Å²) in [6.07, 6.45) is 2.44. The summed E-state index contributed by atoms with van der Waals surface area (Å²) in [5.41, 5.74) is 2.31. The monoisotopic (exact) mass is 265 g/mol. The molecular formula is C15H20ClNO. The molecule has 1 rings (SSSR count). The van der Waals surface area contributed by atoms with Crippen molar-refractivity contribution < 1.29 is 4.79 Å². The molecule has 0 saturated carbocycles. The Bertz CT molecular complexity index is 432. The van der Waals surface area contributed by atoms with Crippen molar-refractivity contribution in [1.29, 1.82) is 0 Å². The van der Waals surface area contributed by atoms with Crippen LogP contribution in [0.5, 0.6) is 0 Å². The molecule has 0 aliphatic rings. The van der Waals surface area contributed by atoms with Crippen LogP contribution < -0.4 is 0 Å². The van der Waals surface area contributed by atoms with E-state index in [1.54, 1.807) is 19.0 Å². The van der Waals surface area contributed by atoms with Crippen molar-refractivity contribution in [3.05, 3.63) is 40.9 Å². The molecule has 98 valence electrons. The van der Waals surface area contributed by atoms with Crippen LogP contribution in [0.25, 0.3) is 5.57 Å². The van der Waals surface area contributed by atoms with Gasteiger partial charge in [-0.05, 0) is 29.2 Å². The maximum absolute atomic E-state index is 11.6. The lowest BCUT2D eigenvalue weighted by molar-refractivity contribution is -0.127. The fourth-order valence-corrected chi connectivity index (χ4v) is 1.84. The Kier molecular flexibility index (Phi) is 5.42. The Morgan fingerprint density at radius 2 is 1.83 bits per heavy atom. The lowest BCUT2D eigenvalue weighted by atomic mass is 9.94. The molecule has 0 radical (unpaired) electrons. The lowest BCUT2D eigenvalue weighted by Gasteiger charge is -2.13. The van der Waals surface area contributed by atoms with E-state index in [0.717, 1.165) is 10.6 Å². The van der Waals surface area contributed by atoms with E-state index in [0.29, 0.717) is 12.3 Å². The van der Waals surface area contributed by atoms with Crippen molar-refractivity contribution in [1.82, 2.24) is 4.90 Å². The minimum Gasteiger partial charge on any atom is -0.349 e. The third-order valence-corrected chi connectivity index (χ3v) is 3.05. The minimum atomic E-state index is 0.113. The topological polar surface area (TPSA) is 20.3 Å². The van der Waals surface area contributed by atoms with Gasteiger partial charge in [0.15, 0.2) is 0 Å². The summed E-state index contributed by atoms with van der Waals surface area (Å²) in [5.74, 6) is 0.489. The summed E-state index contributed by atoms with van der Waals surface area (Å²) in [6.45, 7) is 4.25. The molecule has 1 aromatic carbocycles. The molecule has 0 unspecified atom stereocenters. The average Bonchev–Trinajstić information content (AvgIpc) is 2.30. The third kappa shape index (κ3) is 4.19. The van der Waals surface area contributed by atoms with E-state index in [4.69, 9.17) is 11.6 Å². The van der Waals surface area contributed by atoms with E-state index >= 15 is 0 Å². The van der Waals surface area contributed by atoms with E-state index < -0.39 is 0 Å². The number of carbonyl (C=O) groups is 1. The molecule has 0 bridgehead atoms. The molecule has 0 aliphatic carbocycles. The van der Waals surface area contributed by atoms with Crippen LogP contribution >= 0.6 is 11.6 Å². The SMILES string of the molecule is CC(C)/C(=C\CC(=O)N(C)C)c1ccc(Cl)cc1. The second kappa shape index (κ2) is 6.60. The molecule has 0 aliphatic heterocycles. The predicted molar refractivity (Wildman–Crippen MR) is 77.6 cm³/mol. The number of nitrogens with zero attached hydrogens (tertiary/aromatic N) is 1. The number of carbonyl (C=O) groups excluding carboxylic acids is 1. The molecule has 1 aromatic rings. The molecule has 0 fully saturated rings. The maximum Gasteiger partial charge on any atom is 0.225 e. The number of benzene rings is 1.